The van der Waals surface area contributed by atoms with Crippen LogP contribution in [0.3, 0.4) is 0 Å². The molecule has 3 fully saturated rings. The van der Waals surface area contributed by atoms with Crippen LogP contribution >= 0.6 is 0 Å². The van der Waals surface area contributed by atoms with Crippen molar-refractivity contribution in [3.63, 3.8) is 0 Å². The van der Waals surface area contributed by atoms with E-state index < -0.39 is 0 Å². The monoisotopic (exact) mass is 300 g/mol. The van der Waals surface area contributed by atoms with Gasteiger partial charge in [0.15, 0.2) is 0 Å². The first-order chi connectivity index (χ1) is 10.2. The van der Waals surface area contributed by atoms with Crippen LogP contribution < -0.4 is 0 Å². The van der Waals surface area contributed by atoms with Crippen molar-refractivity contribution in [3.05, 3.63) is 12.2 Å². The van der Waals surface area contributed by atoms with E-state index in [0.717, 1.165) is 35.5 Å². The van der Waals surface area contributed by atoms with E-state index in [2.05, 4.69) is 53.7 Å². The molecule has 0 aromatic rings. The molecule has 0 aromatic heterocycles. The molecule has 7 unspecified atom stereocenters. The minimum absolute atomic E-state index is 0.533. The molecule has 4 aliphatic rings. The highest BCUT2D eigenvalue weighted by atomic mass is 14.7. The Bertz CT molecular complexity index is 496. The predicted molar refractivity (Wildman–Crippen MR) is 94.5 cm³/mol. The van der Waals surface area contributed by atoms with Gasteiger partial charge in [0.2, 0.25) is 0 Å². The summed E-state index contributed by atoms with van der Waals surface area (Å²) in [4.78, 5) is 0. The molecule has 0 heterocycles. The summed E-state index contributed by atoms with van der Waals surface area (Å²) in [5.74, 6) is 5.68. The lowest BCUT2D eigenvalue weighted by atomic mass is 9.52. The summed E-state index contributed by atoms with van der Waals surface area (Å²) in [5.41, 5.74) is 1.64. The number of fused-ring (bicyclic) bond motifs is 8. The lowest BCUT2D eigenvalue weighted by Crippen LogP contribution is -2.47. The summed E-state index contributed by atoms with van der Waals surface area (Å²) in [5, 5.41) is 0. The molecule has 0 amide bonds. The Hall–Kier alpha value is -0.260. The van der Waals surface area contributed by atoms with Gasteiger partial charge in [-0.15, -0.1) is 0 Å². The van der Waals surface area contributed by atoms with Crippen molar-refractivity contribution in [1.82, 2.24) is 0 Å². The van der Waals surface area contributed by atoms with Gasteiger partial charge in [-0.05, 0) is 77.4 Å². The molecule has 0 N–H and O–H groups in total. The van der Waals surface area contributed by atoms with Gasteiger partial charge in [-0.25, -0.2) is 0 Å². The fourth-order valence-electron chi connectivity index (χ4n) is 8.28. The van der Waals surface area contributed by atoms with Crippen LogP contribution in [0.4, 0.5) is 0 Å². The molecule has 0 nitrogen and oxygen atoms in total. The first kappa shape index (κ1) is 15.3. The zero-order chi connectivity index (χ0) is 15.9. The Morgan fingerprint density at radius 1 is 0.909 bits per heavy atom. The molecule has 22 heavy (non-hydrogen) atoms. The first-order valence-electron chi connectivity index (χ1n) is 9.89. The third-order valence-electron chi connectivity index (χ3n) is 8.75. The molecule has 0 radical (unpaired) electrons. The standard InChI is InChI=1S/C22H36/c1-7-10-22(6)15-9-8-14(11-15)18-16-12-17(19(18)22)21(4,5)13-20(16,2)3/h8-9,14-19H,7,10-13H2,1-6H3. The van der Waals surface area contributed by atoms with E-state index in [1.54, 1.807) is 0 Å². The van der Waals surface area contributed by atoms with Gasteiger partial charge >= 0.3 is 0 Å². The van der Waals surface area contributed by atoms with Crippen LogP contribution in [0.15, 0.2) is 12.2 Å². The maximum atomic E-state index is 2.68. The third kappa shape index (κ3) is 1.76. The fourth-order valence-corrected chi connectivity index (χ4v) is 8.28. The Morgan fingerprint density at radius 3 is 2.27 bits per heavy atom. The second-order valence-corrected chi connectivity index (χ2v) is 10.9. The van der Waals surface area contributed by atoms with Crippen molar-refractivity contribution in [3.8, 4) is 0 Å². The molecule has 4 aliphatic carbocycles. The summed E-state index contributed by atoms with van der Waals surface area (Å²) < 4.78 is 0. The quantitative estimate of drug-likeness (QED) is 0.523. The van der Waals surface area contributed by atoms with Crippen molar-refractivity contribution in [1.29, 1.82) is 0 Å². The van der Waals surface area contributed by atoms with Crippen molar-refractivity contribution in [2.24, 2.45) is 51.8 Å². The van der Waals surface area contributed by atoms with Crippen LogP contribution in [0, 0.1) is 51.8 Å². The number of hydrogen-bond donors (Lipinski definition) is 0. The molecule has 0 spiro atoms. The molecule has 4 bridgehead atoms. The van der Waals surface area contributed by atoms with Gasteiger partial charge in [-0.2, -0.15) is 0 Å². The fraction of sp³-hybridized carbons (Fsp3) is 0.909. The Balaban J connectivity index is 1.84. The Kier molecular flexibility index (Phi) is 3.07. The van der Waals surface area contributed by atoms with E-state index in [4.69, 9.17) is 0 Å². The zero-order valence-corrected chi connectivity index (χ0v) is 15.7. The molecule has 7 atom stereocenters. The molecule has 0 heteroatoms. The number of hydrogen-bond acceptors (Lipinski definition) is 0. The zero-order valence-electron chi connectivity index (χ0n) is 15.7. The second-order valence-electron chi connectivity index (χ2n) is 10.9. The normalized spacial score (nSPS) is 53.5. The minimum atomic E-state index is 0.533. The van der Waals surface area contributed by atoms with Crippen molar-refractivity contribution in [2.75, 3.05) is 0 Å². The molecule has 0 saturated heterocycles. The lowest BCUT2D eigenvalue weighted by molar-refractivity contribution is -0.0354. The highest BCUT2D eigenvalue weighted by Crippen LogP contribution is 2.73. The average Bonchev–Trinajstić information content (AvgIpc) is 2.98. The summed E-state index contributed by atoms with van der Waals surface area (Å²) in [7, 11) is 0. The van der Waals surface area contributed by atoms with Gasteiger partial charge < -0.3 is 0 Å². The molecule has 0 aliphatic heterocycles. The van der Waals surface area contributed by atoms with Gasteiger partial charge in [0, 0.05) is 0 Å². The molecular weight excluding hydrogens is 264 g/mol. The van der Waals surface area contributed by atoms with E-state index in [-0.39, 0.29) is 0 Å². The average molecular weight is 301 g/mol. The summed E-state index contributed by atoms with van der Waals surface area (Å²) in [6, 6.07) is 0. The van der Waals surface area contributed by atoms with Crippen LogP contribution in [-0.4, -0.2) is 0 Å². The van der Waals surface area contributed by atoms with Gasteiger partial charge in [-0.1, -0.05) is 60.1 Å². The number of rotatable bonds is 2. The summed E-state index contributed by atoms with van der Waals surface area (Å²) in [6.45, 7) is 15.4. The maximum Gasteiger partial charge on any atom is -0.0171 e. The number of allylic oxidation sites excluding steroid dienone is 2. The second kappa shape index (κ2) is 4.42. The lowest BCUT2D eigenvalue weighted by Gasteiger charge is -2.52. The van der Waals surface area contributed by atoms with Crippen LogP contribution in [0.1, 0.15) is 73.6 Å². The Morgan fingerprint density at radius 2 is 1.59 bits per heavy atom. The van der Waals surface area contributed by atoms with Gasteiger partial charge in [0.1, 0.15) is 0 Å². The Labute approximate surface area is 138 Å². The summed E-state index contributed by atoms with van der Waals surface area (Å²) in [6.07, 6.45) is 12.5. The summed E-state index contributed by atoms with van der Waals surface area (Å²) >= 11 is 0. The maximum absolute atomic E-state index is 2.68. The largest absolute Gasteiger partial charge is 0.0848 e. The SMILES string of the molecule is CCCC1(C)C2C=CC(C2)C2C3CC(C21)C(C)(C)CC3(C)C. The van der Waals surface area contributed by atoms with E-state index in [9.17, 15) is 0 Å². The van der Waals surface area contributed by atoms with E-state index in [1.807, 2.05) is 0 Å². The van der Waals surface area contributed by atoms with Crippen LogP contribution in [0.25, 0.3) is 0 Å². The predicted octanol–water partition coefficient (Wildman–Crippen LogP) is 6.32. The highest BCUT2D eigenvalue weighted by Gasteiger charge is 2.66. The van der Waals surface area contributed by atoms with E-state index in [1.165, 1.54) is 32.1 Å². The molecule has 124 valence electrons. The van der Waals surface area contributed by atoms with Crippen LogP contribution in [0.5, 0.6) is 0 Å². The molecule has 0 aromatic carbocycles. The third-order valence-corrected chi connectivity index (χ3v) is 8.75. The highest BCUT2D eigenvalue weighted by molar-refractivity contribution is 5.22. The van der Waals surface area contributed by atoms with Crippen LogP contribution in [0.2, 0.25) is 0 Å². The van der Waals surface area contributed by atoms with E-state index >= 15 is 0 Å². The molecular formula is C22H36. The molecule has 4 rings (SSSR count). The van der Waals surface area contributed by atoms with Gasteiger partial charge in [0.05, 0.1) is 0 Å². The molecule has 3 saturated carbocycles. The van der Waals surface area contributed by atoms with E-state index in [0.29, 0.717) is 16.2 Å². The van der Waals surface area contributed by atoms with Crippen molar-refractivity contribution in [2.45, 2.75) is 73.6 Å². The van der Waals surface area contributed by atoms with Crippen LogP contribution in [-0.2, 0) is 0 Å². The van der Waals surface area contributed by atoms with Crippen molar-refractivity contribution < 1.29 is 0 Å². The van der Waals surface area contributed by atoms with Gasteiger partial charge in [0.25, 0.3) is 0 Å². The van der Waals surface area contributed by atoms with Gasteiger partial charge in [-0.3, -0.25) is 0 Å². The van der Waals surface area contributed by atoms with Crippen molar-refractivity contribution >= 4 is 0 Å². The first-order valence-corrected chi connectivity index (χ1v) is 9.89. The minimum Gasteiger partial charge on any atom is -0.0848 e. The topological polar surface area (TPSA) is 0 Å². The smallest absolute Gasteiger partial charge is 0.0171 e.